The third kappa shape index (κ3) is 2.22. The first-order valence-electron chi connectivity index (χ1n) is 5.70. The van der Waals surface area contributed by atoms with Gasteiger partial charge in [-0.15, -0.1) is 11.8 Å². The minimum Gasteiger partial charge on any atom is -0.330 e. The van der Waals surface area contributed by atoms with E-state index in [0.717, 1.165) is 21.9 Å². The van der Waals surface area contributed by atoms with Crippen molar-refractivity contribution in [1.29, 1.82) is 5.41 Å². The number of aromatic nitrogens is 4. The quantitative estimate of drug-likeness (QED) is 0.511. The van der Waals surface area contributed by atoms with E-state index in [1.807, 2.05) is 18.7 Å². The maximum absolute atomic E-state index is 7.82. The largest absolute Gasteiger partial charge is 0.330 e. The average Bonchev–Trinajstić information content (AvgIpc) is 2.68. The lowest BCUT2D eigenvalue weighted by Gasteiger charge is -2.06. The van der Waals surface area contributed by atoms with Gasteiger partial charge in [0, 0.05) is 14.1 Å². The summed E-state index contributed by atoms with van der Waals surface area (Å²) < 4.78 is 3.68. The van der Waals surface area contributed by atoms with Crippen molar-refractivity contribution in [2.75, 3.05) is 5.75 Å². The fourth-order valence-electron chi connectivity index (χ4n) is 1.65. The lowest BCUT2D eigenvalue weighted by atomic mass is 10.4. The van der Waals surface area contributed by atoms with Crippen LogP contribution in [0.4, 0.5) is 0 Å². The molecule has 2 rings (SSSR count). The number of fused-ring (bicyclic) bond motifs is 1. The molecule has 0 aliphatic heterocycles. The zero-order chi connectivity index (χ0) is 12.4. The number of rotatable bonds is 4. The van der Waals surface area contributed by atoms with Gasteiger partial charge >= 0.3 is 0 Å². The van der Waals surface area contributed by atoms with Crippen molar-refractivity contribution in [3.63, 3.8) is 0 Å². The van der Waals surface area contributed by atoms with E-state index < -0.39 is 0 Å². The van der Waals surface area contributed by atoms with Crippen LogP contribution in [-0.4, -0.2) is 24.9 Å². The molecule has 0 fully saturated rings. The zero-order valence-electron chi connectivity index (χ0n) is 10.4. The molecule has 2 heterocycles. The number of thioether (sulfide) groups is 1. The van der Waals surface area contributed by atoms with Gasteiger partial charge in [-0.1, -0.05) is 13.3 Å². The Balaban J connectivity index is 2.50. The molecule has 0 saturated carbocycles. The van der Waals surface area contributed by atoms with Crippen molar-refractivity contribution in [2.45, 2.75) is 24.8 Å². The average molecular weight is 251 g/mol. The summed E-state index contributed by atoms with van der Waals surface area (Å²) >= 11 is 1.71. The summed E-state index contributed by atoms with van der Waals surface area (Å²) in [5, 5.41) is 8.73. The number of imidazole rings is 1. The van der Waals surface area contributed by atoms with Crippen LogP contribution in [-0.2, 0) is 14.1 Å². The molecule has 0 atom stereocenters. The molecule has 92 valence electrons. The van der Waals surface area contributed by atoms with Crippen molar-refractivity contribution >= 4 is 22.9 Å². The fourth-order valence-corrected chi connectivity index (χ4v) is 2.80. The summed E-state index contributed by atoms with van der Waals surface area (Å²) in [6, 6.07) is 0. The molecular formula is C11H17N5S. The number of aryl methyl sites for hydroxylation is 2. The third-order valence-corrected chi connectivity index (χ3v) is 3.75. The van der Waals surface area contributed by atoms with Crippen LogP contribution in [0.2, 0.25) is 0 Å². The van der Waals surface area contributed by atoms with E-state index in [9.17, 15) is 0 Å². The van der Waals surface area contributed by atoms with Crippen molar-refractivity contribution < 1.29 is 0 Å². The number of nitrogens with zero attached hydrogens (tertiary/aromatic N) is 4. The minimum atomic E-state index is 0.259. The van der Waals surface area contributed by atoms with Crippen LogP contribution in [0.5, 0.6) is 0 Å². The highest BCUT2D eigenvalue weighted by molar-refractivity contribution is 7.99. The van der Waals surface area contributed by atoms with Gasteiger partial charge in [-0.3, -0.25) is 9.98 Å². The fraction of sp³-hybridized carbons (Fsp3) is 0.545. The van der Waals surface area contributed by atoms with Crippen LogP contribution in [0.15, 0.2) is 11.4 Å². The van der Waals surface area contributed by atoms with Gasteiger partial charge in [0.1, 0.15) is 10.5 Å². The minimum absolute atomic E-state index is 0.259. The number of hydrogen-bond acceptors (Lipinski definition) is 4. The maximum atomic E-state index is 7.82. The van der Waals surface area contributed by atoms with Crippen LogP contribution < -0.4 is 5.62 Å². The van der Waals surface area contributed by atoms with Gasteiger partial charge in [0.05, 0.1) is 6.33 Å². The second-order valence-corrected chi connectivity index (χ2v) is 5.11. The number of nitrogens with one attached hydrogen (secondary N) is 1. The zero-order valence-corrected chi connectivity index (χ0v) is 11.2. The van der Waals surface area contributed by atoms with Gasteiger partial charge in [0.15, 0.2) is 5.65 Å². The predicted octanol–water partition coefficient (Wildman–Crippen LogP) is 1.68. The van der Waals surface area contributed by atoms with Gasteiger partial charge in [0.2, 0.25) is 5.62 Å². The first-order chi connectivity index (χ1) is 8.15. The smallest absolute Gasteiger partial charge is 0.224 e. The summed E-state index contributed by atoms with van der Waals surface area (Å²) in [6.45, 7) is 2.18. The Morgan fingerprint density at radius 1 is 1.41 bits per heavy atom. The third-order valence-electron chi connectivity index (χ3n) is 2.70. The van der Waals surface area contributed by atoms with E-state index in [4.69, 9.17) is 5.41 Å². The number of hydrogen-bond donors (Lipinski definition) is 1. The van der Waals surface area contributed by atoms with Crippen LogP contribution in [0, 0.1) is 5.41 Å². The van der Waals surface area contributed by atoms with Gasteiger partial charge in [-0.2, -0.15) is 0 Å². The molecule has 0 unspecified atom stereocenters. The molecule has 0 aliphatic rings. The summed E-state index contributed by atoms with van der Waals surface area (Å²) in [6.07, 6.45) is 4.12. The summed E-state index contributed by atoms with van der Waals surface area (Å²) in [5.41, 5.74) is 2.10. The Labute approximate surface area is 104 Å². The lowest BCUT2D eigenvalue weighted by Crippen LogP contribution is -2.21. The Bertz CT molecular complexity index is 583. The molecule has 6 heteroatoms. The maximum Gasteiger partial charge on any atom is 0.224 e. The highest BCUT2D eigenvalue weighted by Gasteiger charge is 2.11. The Hall–Kier alpha value is -1.30. The lowest BCUT2D eigenvalue weighted by molar-refractivity contribution is 0.762. The van der Waals surface area contributed by atoms with Gasteiger partial charge in [0.25, 0.3) is 0 Å². The molecule has 0 saturated heterocycles. The summed E-state index contributed by atoms with van der Waals surface area (Å²) in [4.78, 5) is 8.66. The van der Waals surface area contributed by atoms with Crippen LogP contribution >= 0.6 is 11.8 Å². The molecular weight excluding hydrogens is 234 g/mol. The summed E-state index contributed by atoms with van der Waals surface area (Å²) in [7, 11) is 3.79. The van der Waals surface area contributed by atoms with Crippen molar-refractivity contribution in [2.24, 2.45) is 14.1 Å². The standard InChI is InChI=1S/C11H17N5S/c1-4-5-6-17-10-8-9(13-7-15(8)2)16(3)11(12)14-10/h7,12H,4-6H2,1-3H3. The molecule has 17 heavy (non-hydrogen) atoms. The molecule has 0 aromatic carbocycles. The molecule has 5 nitrogen and oxygen atoms in total. The van der Waals surface area contributed by atoms with Crippen molar-refractivity contribution in [3.8, 4) is 0 Å². The van der Waals surface area contributed by atoms with Crippen molar-refractivity contribution in [1.82, 2.24) is 19.1 Å². The molecule has 0 aliphatic carbocycles. The Morgan fingerprint density at radius 3 is 2.88 bits per heavy atom. The van der Waals surface area contributed by atoms with Gasteiger partial charge in [-0.25, -0.2) is 9.97 Å². The van der Waals surface area contributed by atoms with Gasteiger partial charge in [-0.05, 0) is 12.2 Å². The normalized spacial score (nSPS) is 11.2. The van der Waals surface area contributed by atoms with E-state index in [1.54, 1.807) is 22.7 Å². The van der Waals surface area contributed by atoms with E-state index in [2.05, 4.69) is 16.9 Å². The van der Waals surface area contributed by atoms with Crippen molar-refractivity contribution in [3.05, 3.63) is 11.9 Å². The molecule has 0 spiro atoms. The Morgan fingerprint density at radius 2 is 2.18 bits per heavy atom. The van der Waals surface area contributed by atoms with Crippen LogP contribution in [0.1, 0.15) is 19.8 Å². The van der Waals surface area contributed by atoms with Crippen LogP contribution in [0.3, 0.4) is 0 Å². The van der Waals surface area contributed by atoms with E-state index in [1.165, 1.54) is 12.8 Å². The summed E-state index contributed by atoms with van der Waals surface area (Å²) in [5.74, 6) is 1.04. The van der Waals surface area contributed by atoms with Crippen LogP contribution in [0.25, 0.3) is 11.2 Å². The molecule has 2 aromatic heterocycles. The first kappa shape index (κ1) is 12.2. The highest BCUT2D eigenvalue weighted by atomic mass is 32.2. The molecule has 1 N–H and O–H groups in total. The second-order valence-electron chi connectivity index (χ2n) is 4.03. The Kier molecular flexibility index (Phi) is 3.51. The number of unbranched alkanes of at least 4 members (excludes halogenated alkanes) is 1. The molecule has 0 amide bonds. The molecule has 2 aromatic rings. The SMILES string of the molecule is CCCCSc1nc(=N)n(C)c2ncn(C)c12. The van der Waals surface area contributed by atoms with E-state index in [-0.39, 0.29) is 5.62 Å². The monoisotopic (exact) mass is 251 g/mol. The second kappa shape index (κ2) is 4.91. The topological polar surface area (TPSA) is 59.5 Å². The van der Waals surface area contributed by atoms with E-state index in [0.29, 0.717) is 0 Å². The molecule has 0 radical (unpaired) electrons. The van der Waals surface area contributed by atoms with E-state index >= 15 is 0 Å². The predicted molar refractivity (Wildman–Crippen MR) is 69.0 cm³/mol. The van der Waals surface area contributed by atoms with Gasteiger partial charge < -0.3 is 4.57 Å². The first-order valence-corrected chi connectivity index (χ1v) is 6.69. The molecule has 0 bridgehead atoms. The highest BCUT2D eigenvalue weighted by Crippen LogP contribution is 2.23.